The first-order valence-corrected chi connectivity index (χ1v) is 8.60. The largest absolute Gasteiger partial charge is 0.395 e. The van der Waals surface area contributed by atoms with Gasteiger partial charge in [-0.2, -0.15) is 0 Å². The Morgan fingerprint density at radius 3 is 2.14 bits per heavy atom. The van der Waals surface area contributed by atoms with E-state index in [1.165, 1.54) is 6.26 Å². The highest BCUT2D eigenvalue weighted by molar-refractivity contribution is 7.90. The summed E-state index contributed by atoms with van der Waals surface area (Å²) in [5.74, 6) is 0. The van der Waals surface area contributed by atoms with Crippen molar-refractivity contribution in [2.24, 2.45) is 0 Å². The molecular formula is C16H19NO3S. The normalized spacial score (nSPS) is 11.3. The molecule has 0 aliphatic rings. The quantitative estimate of drug-likeness (QED) is 0.888. The Morgan fingerprint density at radius 1 is 1.00 bits per heavy atom. The summed E-state index contributed by atoms with van der Waals surface area (Å²) < 4.78 is 23.0. The van der Waals surface area contributed by atoms with E-state index in [9.17, 15) is 13.5 Å². The summed E-state index contributed by atoms with van der Waals surface area (Å²) in [4.78, 5) is 2.32. The molecule has 5 heteroatoms. The zero-order chi connectivity index (χ0) is 15.3. The number of nitrogens with zero attached hydrogens (tertiary/aromatic N) is 1. The second-order valence-corrected chi connectivity index (χ2v) is 6.91. The third kappa shape index (κ3) is 4.31. The lowest BCUT2D eigenvalue weighted by Crippen LogP contribution is -2.26. The number of aliphatic hydroxyl groups is 1. The lowest BCUT2D eigenvalue weighted by molar-refractivity contribution is 0.301. The van der Waals surface area contributed by atoms with Gasteiger partial charge in [0.05, 0.1) is 11.5 Å². The molecule has 0 heterocycles. The predicted octanol–water partition coefficient (Wildman–Crippen LogP) is 2.09. The topological polar surface area (TPSA) is 57.6 Å². The summed E-state index contributed by atoms with van der Waals surface area (Å²) in [6.07, 6.45) is 1.19. The van der Waals surface area contributed by atoms with Crippen molar-refractivity contribution >= 4 is 15.5 Å². The van der Waals surface area contributed by atoms with Gasteiger partial charge < -0.3 is 10.0 Å². The molecule has 2 rings (SSSR count). The van der Waals surface area contributed by atoms with Crippen LogP contribution in [-0.2, 0) is 16.4 Å². The van der Waals surface area contributed by atoms with E-state index in [2.05, 4.69) is 0 Å². The smallest absolute Gasteiger partial charge is 0.175 e. The fourth-order valence-electron chi connectivity index (χ4n) is 2.13. The molecule has 0 atom stereocenters. The van der Waals surface area contributed by atoms with Gasteiger partial charge in [0.25, 0.3) is 0 Å². The van der Waals surface area contributed by atoms with Crippen LogP contribution in [0.2, 0.25) is 0 Å². The van der Waals surface area contributed by atoms with Crippen LogP contribution < -0.4 is 4.90 Å². The standard InChI is InChI=1S/C16H19NO3S/c1-21(19,20)16-9-7-15(8-10-16)17(11-12-18)13-14-5-3-2-4-6-14/h2-10,18H,11-13H2,1H3. The fourth-order valence-corrected chi connectivity index (χ4v) is 2.76. The van der Waals surface area contributed by atoms with E-state index < -0.39 is 9.84 Å². The molecule has 0 spiro atoms. The lowest BCUT2D eigenvalue weighted by atomic mass is 10.2. The van der Waals surface area contributed by atoms with Crippen LogP contribution >= 0.6 is 0 Å². The van der Waals surface area contributed by atoms with Gasteiger partial charge in [0, 0.05) is 25.0 Å². The van der Waals surface area contributed by atoms with Crippen LogP contribution in [0.25, 0.3) is 0 Å². The molecule has 2 aromatic carbocycles. The Hall–Kier alpha value is -1.85. The molecule has 0 aliphatic heterocycles. The van der Waals surface area contributed by atoms with Gasteiger partial charge in [-0.25, -0.2) is 8.42 Å². The number of anilines is 1. The minimum Gasteiger partial charge on any atom is -0.395 e. The summed E-state index contributed by atoms with van der Waals surface area (Å²) in [6, 6.07) is 16.7. The Balaban J connectivity index is 2.22. The van der Waals surface area contributed by atoms with E-state index in [0.29, 0.717) is 18.0 Å². The monoisotopic (exact) mass is 305 g/mol. The maximum absolute atomic E-state index is 11.5. The lowest BCUT2D eigenvalue weighted by Gasteiger charge is -2.24. The molecule has 0 bridgehead atoms. The van der Waals surface area contributed by atoms with Gasteiger partial charge in [-0.15, -0.1) is 0 Å². The molecule has 0 saturated heterocycles. The molecule has 0 saturated carbocycles. The minimum absolute atomic E-state index is 0.0423. The van der Waals surface area contributed by atoms with Crippen LogP contribution in [0.4, 0.5) is 5.69 Å². The van der Waals surface area contributed by atoms with Gasteiger partial charge in [-0.3, -0.25) is 0 Å². The maximum Gasteiger partial charge on any atom is 0.175 e. The number of benzene rings is 2. The predicted molar refractivity (Wildman–Crippen MR) is 84.1 cm³/mol. The highest BCUT2D eigenvalue weighted by atomic mass is 32.2. The molecule has 21 heavy (non-hydrogen) atoms. The van der Waals surface area contributed by atoms with Gasteiger partial charge in [-0.05, 0) is 29.8 Å². The summed E-state index contributed by atoms with van der Waals surface area (Å²) in [5, 5.41) is 9.22. The first-order valence-electron chi connectivity index (χ1n) is 6.70. The van der Waals surface area contributed by atoms with Crippen molar-refractivity contribution in [3.8, 4) is 0 Å². The summed E-state index contributed by atoms with van der Waals surface area (Å²) in [7, 11) is -3.18. The van der Waals surface area contributed by atoms with Crippen LogP contribution in [0.3, 0.4) is 0 Å². The van der Waals surface area contributed by atoms with E-state index in [1.807, 2.05) is 35.2 Å². The van der Waals surface area contributed by atoms with E-state index in [1.54, 1.807) is 24.3 Å². The SMILES string of the molecule is CS(=O)(=O)c1ccc(N(CCO)Cc2ccccc2)cc1. The van der Waals surface area contributed by atoms with E-state index in [4.69, 9.17) is 0 Å². The Morgan fingerprint density at radius 2 is 1.62 bits per heavy atom. The van der Waals surface area contributed by atoms with Gasteiger partial charge in [-0.1, -0.05) is 30.3 Å². The van der Waals surface area contributed by atoms with Crippen molar-refractivity contribution in [1.29, 1.82) is 0 Å². The summed E-state index contributed by atoms with van der Waals surface area (Å²) in [5.41, 5.74) is 2.03. The van der Waals surface area contributed by atoms with Crippen molar-refractivity contribution in [2.75, 3.05) is 24.3 Å². The van der Waals surface area contributed by atoms with Crippen LogP contribution in [0, 0.1) is 0 Å². The summed E-state index contributed by atoms with van der Waals surface area (Å²) in [6.45, 7) is 1.20. The van der Waals surface area contributed by atoms with Crippen LogP contribution in [-0.4, -0.2) is 32.9 Å². The van der Waals surface area contributed by atoms with Gasteiger partial charge >= 0.3 is 0 Å². The number of hydrogen-bond donors (Lipinski definition) is 1. The van der Waals surface area contributed by atoms with E-state index in [0.717, 1.165) is 11.3 Å². The zero-order valence-corrected chi connectivity index (χ0v) is 12.8. The van der Waals surface area contributed by atoms with Crippen LogP contribution in [0.1, 0.15) is 5.56 Å². The summed E-state index contributed by atoms with van der Waals surface area (Å²) >= 11 is 0. The Bertz CT molecular complexity index is 666. The molecular weight excluding hydrogens is 286 g/mol. The second kappa shape index (κ2) is 6.74. The number of aliphatic hydroxyl groups excluding tert-OH is 1. The number of rotatable bonds is 6. The number of sulfone groups is 1. The zero-order valence-electron chi connectivity index (χ0n) is 11.9. The van der Waals surface area contributed by atoms with Gasteiger partial charge in [0.1, 0.15) is 0 Å². The Kier molecular flexibility index (Phi) is 4.98. The van der Waals surface area contributed by atoms with Crippen molar-refractivity contribution in [1.82, 2.24) is 0 Å². The average molecular weight is 305 g/mol. The maximum atomic E-state index is 11.5. The molecule has 4 nitrogen and oxygen atoms in total. The van der Waals surface area contributed by atoms with Crippen LogP contribution in [0.5, 0.6) is 0 Å². The molecule has 0 radical (unpaired) electrons. The fraction of sp³-hybridized carbons (Fsp3) is 0.250. The Labute approximate surface area is 125 Å². The number of hydrogen-bond acceptors (Lipinski definition) is 4. The first-order chi connectivity index (χ1) is 10.0. The van der Waals surface area contributed by atoms with Crippen molar-refractivity contribution in [3.05, 3.63) is 60.2 Å². The minimum atomic E-state index is -3.18. The third-order valence-corrected chi connectivity index (χ3v) is 4.34. The molecule has 2 aromatic rings. The second-order valence-electron chi connectivity index (χ2n) is 4.90. The average Bonchev–Trinajstić information content (AvgIpc) is 2.47. The van der Waals surface area contributed by atoms with Crippen molar-refractivity contribution in [3.63, 3.8) is 0 Å². The molecule has 0 fully saturated rings. The molecule has 112 valence electrons. The molecule has 0 aliphatic carbocycles. The molecule has 0 aromatic heterocycles. The molecule has 0 amide bonds. The molecule has 0 unspecified atom stereocenters. The highest BCUT2D eigenvalue weighted by Gasteiger charge is 2.10. The van der Waals surface area contributed by atoms with E-state index in [-0.39, 0.29) is 6.61 Å². The first kappa shape index (κ1) is 15.5. The highest BCUT2D eigenvalue weighted by Crippen LogP contribution is 2.20. The molecule has 1 N–H and O–H groups in total. The van der Waals surface area contributed by atoms with Gasteiger partial charge in [0.15, 0.2) is 9.84 Å². The third-order valence-electron chi connectivity index (χ3n) is 3.22. The van der Waals surface area contributed by atoms with Gasteiger partial charge in [0.2, 0.25) is 0 Å². The van der Waals surface area contributed by atoms with Crippen molar-refractivity contribution in [2.45, 2.75) is 11.4 Å². The van der Waals surface area contributed by atoms with E-state index >= 15 is 0 Å². The van der Waals surface area contributed by atoms with Crippen molar-refractivity contribution < 1.29 is 13.5 Å². The van der Waals surface area contributed by atoms with Crippen LogP contribution in [0.15, 0.2) is 59.5 Å².